The minimum absolute atomic E-state index is 0.0270. The van der Waals surface area contributed by atoms with E-state index in [9.17, 15) is 9.90 Å². The van der Waals surface area contributed by atoms with E-state index >= 15 is 0 Å². The molecule has 0 aliphatic rings. The molecule has 21 heavy (non-hydrogen) atoms. The molecule has 3 aromatic rings. The number of aromatic amines is 1. The first-order chi connectivity index (χ1) is 10.1. The number of para-hydroxylation sites is 1. The Kier molecular flexibility index (Phi) is 3.28. The lowest BCUT2D eigenvalue weighted by molar-refractivity contribution is 0.474. The number of aliphatic imine (C=N–C) groups is 1. The SMILES string of the molecule is Cc1cc(=O)c2cc(N=Cc3ccccc3O)ccc2[nH]1. The number of hydrogen-bond donors (Lipinski definition) is 2. The van der Waals surface area contributed by atoms with Gasteiger partial charge in [0.1, 0.15) is 5.75 Å². The molecule has 4 heteroatoms. The lowest BCUT2D eigenvalue weighted by Gasteiger charge is -2.01. The van der Waals surface area contributed by atoms with Crippen molar-refractivity contribution < 1.29 is 5.11 Å². The van der Waals surface area contributed by atoms with Gasteiger partial charge in [-0.05, 0) is 37.3 Å². The maximum Gasteiger partial charge on any atom is 0.189 e. The smallest absolute Gasteiger partial charge is 0.189 e. The number of nitrogens with one attached hydrogen (secondary N) is 1. The van der Waals surface area contributed by atoms with Crippen LogP contribution in [0.2, 0.25) is 0 Å². The lowest BCUT2D eigenvalue weighted by Crippen LogP contribution is -2.02. The fraction of sp³-hybridized carbons (Fsp3) is 0.0588. The van der Waals surface area contributed by atoms with Crippen LogP contribution in [-0.2, 0) is 0 Å². The van der Waals surface area contributed by atoms with E-state index in [0.29, 0.717) is 16.6 Å². The zero-order valence-corrected chi connectivity index (χ0v) is 11.5. The monoisotopic (exact) mass is 278 g/mol. The number of fused-ring (bicyclic) bond motifs is 1. The van der Waals surface area contributed by atoms with Crippen LogP contribution >= 0.6 is 0 Å². The zero-order chi connectivity index (χ0) is 14.8. The summed E-state index contributed by atoms with van der Waals surface area (Å²) in [6.07, 6.45) is 1.58. The Morgan fingerprint density at radius 2 is 1.95 bits per heavy atom. The van der Waals surface area contributed by atoms with Crippen LogP contribution < -0.4 is 5.43 Å². The minimum Gasteiger partial charge on any atom is -0.507 e. The quantitative estimate of drug-likeness (QED) is 0.706. The van der Waals surface area contributed by atoms with E-state index in [1.807, 2.05) is 25.1 Å². The van der Waals surface area contributed by atoms with Crippen molar-refractivity contribution in [3.8, 4) is 5.75 Å². The molecule has 0 aliphatic heterocycles. The standard InChI is InChI=1S/C17H14N2O2/c1-11-8-17(21)14-9-13(6-7-15(14)19-11)18-10-12-4-2-3-5-16(12)20/h2-10,20H,1H3,(H,19,21). The molecule has 0 aliphatic carbocycles. The van der Waals surface area contributed by atoms with Crippen LogP contribution in [0.3, 0.4) is 0 Å². The molecule has 0 spiro atoms. The molecule has 1 heterocycles. The zero-order valence-electron chi connectivity index (χ0n) is 11.5. The van der Waals surface area contributed by atoms with Gasteiger partial charge >= 0.3 is 0 Å². The molecule has 0 saturated carbocycles. The third-order valence-electron chi connectivity index (χ3n) is 3.24. The molecule has 0 fully saturated rings. The molecule has 104 valence electrons. The predicted molar refractivity (Wildman–Crippen MR) is 84.7 cm³/mol. The average molecular weight is 278 g/mol. The summed E-state index contributed by atoms with van der Waals surface area (Å²) in [5.41, 5.74) is 2.90. The van der Waals surface area contributed by atoms with Gasteiger partial charge in [0.2, 0.25) is 0 Å². The van der Waals surface area contributed by atoms with Gasteiger partial charge in [-0.2, -0.15) is 0 Å². The molecule has 3 rings (SSSR count). The first kappa shape index (κ1) is 13.1. The molecular weight excluding hydrogens is 264 g/mol. The lowest BCUT2D eigenvalue weighted by atomic mass is 10.1. The molecule has 0 saturated heterocycles. The van der Waals surface area contributed by atoms with Gasteiger partial charge in [0, 0.05) is 34.4 Å². The van der Waals surface area contributed by atoms with Crippen molar-refractivity contribution >= 4 is 22.8 Å². The first-order valence-electron chi connectivity index (χ1n) is 6.59. The van der Waals surface area contributed by atoms with E-state index in [-0.39, 0.29) is 11.2 Å². The van der Waals surface area contributed by atoms with Crippen molar-refractivity contribution in [2.75, 3.05) is 0 Å². The summed E-state index contributed by atoms with van der Waals surface area (Å²) in [5.74, 6) is 0.176. The maximum absolute atomic E-state index is 12.0. The number of phenolic OH excluding ortho intramolecular Hbond substituents is 1. The Morgan fingerprint density at radius 1 is 1.14 bits per heavy atom. The van der Waals surface area contributed by atoms with Crippen LogP contribution in [-0.4, -0.2) is 16.3 Å². The Labute approximate surface area is 121 Å². The number of pyridine rings is 1. The van der Waals surface area contributed by atoms with Crippen molar-refractivity contribution in [3.63, 3.8) is 0 Å². The van der Waals surface area contributed by atoms with Crippen molar-refractivity contribution in [1.82, 2.24) is 4.98 Å². The number of phenols is 1. The summed E-state index contributed by atoms with van der Waals surface area (Å²) in [4.78, 5) is 19.4. The second-order valence-electron chi connectivity index (χ2n) is 4.86. The molecule has 0 unspecified atom stereocenters. The average Bonchev–Trinajstić information content (AvgIpc) is 2.46. The van der Waals surface area contributed by atoms with Crippen LogP contribution in [0.5, 0.6) is 5.75 Å². The number of rotatable bonds is 2. The van der Waals surface area contributed by atoms with Crippen LogP contribution in [0.15, 0.2) is 58.3 Å². The Morgan fingerprint density at radius 3 is 2.76 bits per heavy atom. The number of H-pyrrole nitrogens is 1. The first-order valence-corrected chi connectivity index (χ1v) is 6.59. The highest BCUT2D eigenvalue weighted by atomic mass is 16.3. The molecule has 2 aromatic carbocycles. The Hall–Kier alpha value is -2.88. The second kappa shape index (κ2) is 5.25. The number of aryl methyl sites for hydroxylation is 1. The van der Waals surface area contributed by atoms with Crippen molar-refractivity contribution in [3.05, 3.63) is 70.0 Å². The highest BCUT2D eigenvalue weighted by Crippen LogP contribution is 2.19. The van der Waals surface area contributed by atoms with Crippen molar-refractivity contribution in [1.29, 1.82) is 0 Å². The second-order valence-corrected chi connectivity index (χ2v) is 4.86. The van der Waals surface area contributed by atoms with Crippen molar-refractivity contribution in [2.24, 2.45) is 4.99 Å². The molecule has 0 amide bonds. The summed E-state index contributed by atoms with van der Waals surface area (Å²) in [5, 5.41) is 10.3. The third-order valence-corrected chi connectivity index (χ3v) is 3.24. The maximum atomic E-state index is 12.0. The van der Waals surface area contributed by atoms with E-state index in [2.05, 4.69) is 9.98 Å². The van der Waals surface area contributed by atoms with Gasteiger partial charge in [-0.15, -0.1) is 0 Å². The van der Waals surface area contributed by atoms with Gasteiger partial charge < -0.3 is 10.1 Å². The number of aromatic nitrogens is 1. The summed E-state index contributed by atoms with van der Waals surface area (Å²) < 4.78 is 0. The molecule has 0 bridgehead atoms. The highest BCUT2D eigenvalue weighted by Gasteiger charge is 2.01. The number of hydrogen-bond acceptors (Lipinski definition) is 3. The van der Waals surface area contributed by atoms with Gasteiger partial charge in [-0.1, -0.05) is 12.1 Å². The fourth-order valence-corrected chi connectivity index (χ4v) is 2.19. The summed E-state index contributed by atoms with van der Waals surface area (Å²) in [6.45, 7) is 1.85. The van der Waals surface area contributed by atoms with Gasteiger partial charge in [0.15, 0.2) is 5.43 Å². The number of nitrogens with zero attached hydrogens (tertiary/aromatic N) is 1. The Balaban J connectivity index is 2.02. The van der Waals surface area contributed by atoms with Crippen LogP contribution in [0.25, 0.3) is 10.9 Å². The molecule has 0 radical (unpaired) electrons. The summed E-state index contributed by atoms with van der Waals surface area (Å²) in [7, 11) is 0. The van der Waals surface area contributed by atoms with Gasteiger partial charge in [0.05, 0.1) is 5.69 Å². The normalized spacial score (nSPS) is 11.3. The van der Waals surface area contributed by atoms with Crippen LogP contribution in [0.1, 0.15) is 11.3 Å². The fourth-order valence-electron chi connectivity index (χ4n) is 2.19. The largest absolute Gasteiger partial charge is 0.507 e. The molecule has 2 N–H and O–H groups in total. The molecular formula is C17H14N2O2. The Bertz CT molecular complexity index is 895. The third kappa shape index (κ3) is 2.69. The van der Waals surface area contributed by atoms with E-state index in [4.69, 9.17) is 0 Å². The predicted octanol–water partition coefficient (Wildman–Crippen LogP) is 3.29. The van der Waals surface area contributed by atoms with E-state index in [1.165, 1.54) is 0 Å². The van der Waals surface area contributed by atoms with E-state index < -0.39 is 0 Å². The van der Waals surface area contributed by atoms with Crippen LogP contribution in [0.4, 0.5) is 5.69 Å². The molecule has 1 aromatic heterocycles. The minimum atomic E-state index is -0.0270. The highest BCUT2D eigenvalue weighted by molar-refractivity contribution is 5.87. The summed E-state index contributed by atoms with van der Waals surface area (Å²) >= 11 is 0. The summed E-state index contributed by atoms with van der Waals surface area (Å²) in [6, 6.07) is 13.9. The number of aromatic hydroxyl groups is 1. The van der Waals surface area contributed by atoms with Gasteiger partial charge in [-0.25, -0.2) is 0 Å². The van der Waals surface area contributed by atoms with E-state index in [0.717, 1.165) is 11.2 Å². The van der Waals surface area contributed by atoms with Crippen LogP contribution in [0, 0.1) is 6.92 Å². The van der Waals surface area contributed by atoms with Gasteiger partial charge in [0.25, 0.3) is 0 Å². The molecule has 0 atom stereocenters. The molecule has 4 nitrogen and oxygen atoms in total. The van der Waals surface area contributed by atoms with E-state index in [1.54, 1.807) is 36.5 Å². The number of benzene rings is 2. The topological polar surface area (TPSA) is 65.4 Å². The van der Waals surface area contributed by atoms with Gasteiger partial charge in [-0.3, -0.25) is 9.79 Å². The van der Waals surface area contributed by atoms with Crippen molar-refractivity contribution in [2.45, 2.75) is 6.92 Å².